The molecule has 0 aromatic heterocycles. The number of carbonyl (C=O) groups is 1. The van der Waals surface area contributed by atoms with E-state index in [2.05, 4.69) is 29.4 Å². The number of carbonyl (C=O) groups excluding carboxylic acids is 1. The van der Waals surface area contributed by atoms with Crippen LogP contribution in [0.3, 0.4) is 0 Å². The smallest absolute Gasteiger partial charge is 0.323 e. The van der Waals surface area contributed by atoms with Crippen molar-refractivity contribution >= 4 is 34.7 Å². The molecule has 6 heteroatoms. The van der Waals surface area contributed by atoms with Crippen molar-refractivity contribution in [1.29, 1.82) is 0 Å². The van der Waals surface area contributed by atoms with Gasteiger partial charge in [0.25, 0.3) is 0 Å². The molecule has 0 unspecified atom stereocenters. The quantitative estimate of drug-likeness (QED) is 0.842. The summed E-state index contributed by atoms with van der Waals surface area (Å²) in [6.07, 6.45) is 0. The lowest BCUT2D eigenvalue weighted by Gasteiger charge is -2.43. The minimum Gasteiger partial charge on any atom is -0.377 e. The van der Waals surface area contributed by atoms with Crippen LogP contribution in [0.25, 0.3) is 0 Å². The first-order chi connectivity index (χ1) is 11.9. The standard InChI is InChI=1S/C19H22ClN3O2/c1-19(2)13-25-12-11-23(19)17-9-7-16(8-10-17)22-18(24)21-15-5-3-14(20)4-6-15/h3-10H,11-13H2,1-2H3,(H2,21,22,24). The number of amides is 2. The van der Waals surface area contributed by atoms with Crippen molar-refractivity contribution in [2.45, 2.75) is 19.4 Å². The first-order valence-electron chi connectivity index (χ1n) is 8.23. The summed E-state index contributed by atoms with van der Waals surface area (Å²) in [7, 11) is 0. The van der Waals surface area contributed by atoms with Crippen LogP contribution in [0.4, 0.5) is 21.9 Å². The van der Waals surface area contributed by atoms with Gasteiger partial charge in [0, 0.05) is 28.6 Å². The molecule has 1 saturated heterocycles. The third-order valence-electron chi connectivity index (χ3n) is 4.18. The van der Waals surface area contributed by atoms with Crippen molar-refractivity contribution in [2.24, 2.45) is 0 Å². The second-order valence-electron chi connectivity index (χ2n) is 6.65. The van der Waals surface area contributed by atoms with Crippen molar-refractivity contribution in [3.05, 3.63) is 53.6 Å². The number of nitrogens with one attached hydrogen (secondary N) is 2. The molecule has 2 N–H and O–H groups in total. The lowest BCUT2D eigenvalue weighted by Crippen LogP contribution is -2.53. The Morgan fingerprint density at radius 2 is 1.60 bits per heavy atom. The minimum atomic E-state index is -0.290. The van der Waals surface area contributed by atoms with E-state index in [1.54, 1.807) is 24.3 Å². The molecule has 2 aromatic rings. The summed E-state index contributed by atoms with van der Waals surface area (Å²) in [5, 5.41) is 6.23. The summed E-state index contributed by atoms with van der Waals surface area (Å²) in [4.78, 5) is 14.4. The average molecular weight is 360 g/mol. The SMILES string of the molecule is CC1(C)COCCN1c1ccc(NC(=O)Nc2ccc(Cl)cc2)cc1. The van der Waals surface area contributed by atoms with Crippen molar-refractivity contribution in [1.82, 2.24) is 0 Å². The molecule has 1 aliphatic heterocycles. The Labute approximate surface area is 152 Å². The fourth-order valence-corrected chi connectivity index (χ4v) is 3.01. The molecule has 2 amide bonds. The number of nitrogens with zero attached hydrogens (tertiary/aromatic N) is 1. The molecule has 0 saturated carbocycles. The molecule has 25 heavy (non-hydrogen) atoms. The van der Waals surface area contributed by atoms with E-state index in [1.807, 2.05) is 24.3 Å². The second-order valence-corrected chi connectivity index (χ2v) is 7.09. The van der Waals surface area contributed by atoms with E-state index in [-0.39, 0.29) is 11.6 Å². The first kappa shape index (κ1) is 17.6. The Balaban J connectivity index is 1.62. The highest BCUT2D eigenvalue weighted by atomic mass is 35.5. The van der Waals surface area contributed by atoms with Crippen LogP contribution in [-0.4, -0.2) is 31.3 Å². The Morgan fingerprint density at radius 1 is 1.04 bits per heavy atom. The van der Waals surface area contributed by atoms with E-state index >= 15 is 0 Å². The lowest BCUT2D eigenvalue weighted by atomic mass is 10.0. The van der Waals surface area contributed by atoms with Crippen molar-refractivity contribution < 1.29 is 9.53 Å². The summed E-state index contributed by atoms with van der Waals surface area (Å²) in [6, 6.07) is 14.5. The maximum atomic E-state index is 12.1. The van der Waals surface area contributed by atoms with Crippen molar-refractivity contribution in [3.63, 3.8) is 0 Å². The molecule has 0 radical (unpaired) electrons. The predicted molar refractivity (Wildman–Crippen MR) is 103 cm³/mol. The maximum Gasteiger partial charge on any atom is 0.323 e. The van der Waals surface area contributed by atoms with Gasteiger partial charge in [-0.25, -0.2) is 4.79 Å². The molecule has 132 valence electrons. The monoisotopic (exact) mass is 359 g/mol. The largest absolute Gasteiger partial charge is 0.377 e. The van der Waals surface area contributed by atoms with Crippen molar-refractivity contribution in [3.8, 4) is 0 Å². The highest BCUT2D eigenvalue weighted by Crippen LogP contribution is 2.28. The van der Waals surface area contributed by atoms with Gasteiger partial charge in [-0.2, -0.15) is 0 Å². The van der Waals surface area contributed by atoms with Crippen LogP contribution in [0.1, 0.15) is 13.8 Å². The number of hydrogen-bond donors (Lipinski definition) is 2. The van der Waals surface area contributed by atoms with Crippen LogP contribution in [0.5, 0.6) is 0 Å². The highest BCUT2D eigenvalue weighted by molar-refractivity contribution is 6.30. The van der Waals surface area contributed by atoms with Crippen LogP contribution in [0.15, 0.2) is 48.5 Å². The van der Waals surface area contributed by atoms with Crippen LogP contribution in [0.2, 0.25) is 5.02 Å². The number of benzene rings is 2. The van der Waals surface area contributed by atoms with Gasteiger partial charge >= 0.3 is 6.03 Å². The Morgan fingerprint density at radius 3 is 2.16 bits per heavy atom. The molecule has 5 nitrogen and oxygen atoms in total. The molecule has 0 spiro atoms. The van der Waals surface area contributed by atoms with Gasteiger partial charge in [-0.05, 0) is 62.4 Å². The van der Waals surface area contributed by atoms with E-state index < -0.39 is 0 Å². The van der Waals surface area contributed by atoms with Crippen LogP contribution in [-0.2, 0) is 4.74 Å². The van der Waals surface area contributed by atoms with Gasteiger partial charge in [-0.15, -0.1) is 0 Å². The van der Waals surface area contributed by atoms with E-state index in [0.29, 0.717) is 17.3 Å². The van der Waals surface area contributed by atoms with Gasteiger partial charge in [0.2, 0.25) is 0 Å². The molecule has 1 fully saturated rings. The molecular weight excluding hydrogens is 338 g/mol. The van der Waals surface area contributed by atoms with Crippen LogP contribution < -0.4 is 15.5 Å². The predicted octanol–water partition coefficient (Wildman–Crippen LogP) is 4.60. The van der Waals surface area contributed by atoms with Gasteiger partial charge in [0.1, 0.15) is 0 Å². The first-order valence-corrected chi connectivity index (χ1v) is 8.61. The zero-order valence-electron chi connectivity index (χ0n) is 14.4. The maximum absolute atomic E-state index is 12.1. The van der Waals surface area contributed by atoms with Crippen molar-refractivity contribution in [2.75, 3.05) is 35.3 Å². The Bertz CT molecular complexity index is 729. The number of hydrogen-bond acceptors (Lipinski definition) is 3. The van der Waals surface area contributed by atoms with Gasteiger partial charge in [-0.1, -0.05) is 11.6 Å². The molecule has 3 rings (SSSR count). The summed E-state index contributed by atoms with van der Waals surface area (Å²) < 4.78 is 5.56. The topological polar surface area (TPSA) is 53.6 Å². The minimum absolute atomic E-state index is 0.0425. The van der Waals surface area contributed by atoms with Gasteiger partial charge < -0.3 is 20.3 Å². The molecular formula is C19H22ClN3O2. The van der Waals surface area contributed by atoms with Gasteiger partial charge in [-0.3, -0.25) is 0 Å². The Kier molecular flexibility index (Phi) is 5.16. The highest BCUT2D eigenvalue weighted by Gasteiger charge is 2.30. The number of urea groups is 1. The molecule has 1 aliphatic rings. The van der Waals surface area contributed by atoms with E-state index in [9.17, 15) is 4.79 Å². The third kappa shape index (κ3) is 4.44. The van der Waals surface area contributed by atoms with Gasteiger partial charge in [0.15, 0.2) is 0 Å². The fraction of sp³-hybridized carbons (Fsp3) is 0.316. The number of ether oxygens (including phenoxy) is 1. The zero-order chi connectivity index (χ0) is 17.9. The number of rotatable bonds is 3. The molecule has 0 bridgehead atoms. The summed E-state index contributed by atoms with van der Waals surface area (Å²) in [5.74, 6) is 0. The lowest BCUT2D eigenvalue weighted by molar-refractivity contribution is 0.0644. The third-order valence-corrected chi connectivity index (χ3v) is 4.44. The van der Waals surface area contributed by atoms with Crippen LogP contribution >= 0.6 is 11.6 Å². The summed E-state index contributed by atoms with van der Waals surface area (Å²) in [5.41, 5.74) is 2.51. The summed E-state index contributed by atoms with van der Waals surface area (Å²) in [6.45, 7) is 6.62. The molecule has 0 atom stereocenters. The number of morpholine rings is 1. The molecule has 2 aromatic carbocycles. The van der Waals surface area contributed by atoms with Gasteiger partial charge in [0.05, 0.1) is 18.8 Å². The molecule has 0 aliphatic carbocycles. The second kappa shape index (κ2) is 7.33. The Hall–Kier alpha value is -2.24. The van der Waals surface area contributed by atoms with E-state index in [1.165, 1.54) is 0 Å². The molecule has 1 heterocycles. The van der Waals surface area contributed by atoms with Crippen LogP contribution in [0, 0.1) is 0 Å². The normalized spacial score (nSPS) is 16.4. The van der Waals surface area contributed by atoms with E-state index in [0.717, 1.165) is 24.5 Å². The van der Waals surface area contributed by atoms with E-state index in [4.69, 9.17) is 16.3 Å². The number of anilines is 3. The zero-order valence-corrected chi connectivity index (χ0v) is 15.1. The average Bonchev–Trinajstić information content (AvgIpc) is 2.57. The fourth-order valence-electron chi connectivity index (χ4n) is 2.89. The summed E-state index contributed by atoms with van der Waals surface area (Å²) >= 11 is 5.84. The number of halogens is 1.